The van der Waals surface area contributed by atoms with Gasteiger partial charge < -0.3 is 0 Å². The van der Waals surface area contributed by atoms with Crippen molar-refractivity contribution < 1.29 is 26.4 Å². The van der Waals surface area contributed by atoms with E-state index in [4.69, 9.17) is 0 Å². The van der Waals surface area contributed by atoms with E-state index in [0.717, 1.165) is 5.56 Å². The fourth-order valence-corrected chi connectivity index (χ4v) is 4.23. The summed E-state index contributed by atoms with van der Waals surface area (Å²) in [4.78, 5) is 14.6. The Balaban J connectivity index is 2.77. The van der Waals surface area contributed by atoms with E-state index < -0.39 is 32.7 Å². The van der Waals surface area contributed by atoms with Gasteiger partial charge >= 0.3 is 6.18 Å². The van der Waals surface area contributed by atoms with Crippen molar-refractivity contribution in [1.29, 1.82) is 0 Å². The Morgan fingerprint density at radius 2 is 1.66 bits per heavy atom. The van der Waals surface area contributed by atoms with Gasteiger partial charge in [-0.05, 0) is 29.5 Å². The van der Waals surface area contributed by atoms with E-state index in [9.17, 15) is 26.4 Å². The molecule has 0 bridgehead atoms. The average molecular weight is 428 g/mol. The number of halogens is 3. The summed E-state index contributed by atoms with van der Waals surface area (Å²) in [6.45, 7) is 8.59. The summed E-state index contributed by atoms with van der Waals surface area (Å²) in [5.41, 5.74) is -0.683. The fraction of sp³-hybridized carbons (Fsp3) is 0.400. The highest BCUT2D eigenvalue weighted by atomic mass is 32.2. The molecule has 5 nitrogen and oxygen atoms in total. The molecule has 0 spiro atoms. The van der Waals surface area contributed by atoms with Gasteiger partial charge in [0.05, 0.1) is 5.69 Å². The molecule has 1 aromatic carbocycles. The van der Waals surface area contributed by atoms with Gasteiger partial charge in [0.25, 0.3) is 10.0 Å². The van der Waals surface area contributed by atoms with Gasteiger partial charge in [0, 0.05) is 12.0 Å². The molecule has 0 aliphatic heterocycles. The summed E-state index contributed by atoms with van der Waals surface area (Å²) >= 11 is 0. The number of nitrogens with zero attached hydrogens (tertiary/aromatic N) is 1. The molecule has 2 aromatic rings. The zero-order valence-corrected chi connectivity index (χ0v) is 17.6. The highest BCUT2D eigenvalue weighted by Gasteiger charge is 2.36. The Bertz CT molecular complexity index is 1020. The number of sulfonamides is 1. The maximum atomic E-state index is 13.3. The summed E-state index contributed by atoms with van der Waals surface area (Å²) in [6.07, 6.45) is -4.85. The second-order valence-electron chi connectivity index (χ2n) is 7.68. The Morgan fingerprint density at radius 3 is 2.10 bits per heavy atom. The number of carbonyl (C=O) groups is 1. The van der Waals surface area contributed by atoms with E-state index >= 15 is 0 Å². The second-order valence-corrected chi connectivity index (χ2v) is 9.30. The number of amides is 1. The first-order valence-electron chi connectivity index (χ1n) is 8.92. The van der Waals surface area contributed by atoms with Gasteiger partial charge in [0.1, 0.15) is 10.6 Å². The molecule has 0 saturated carbocycles. The van der Waals surface area contributed by atoms with Crippen LogP contribution in [0.3, 0.4) is 0 Å². The lowest BCUT2D eigenvalue weighted by atomic mass is 9.86. The summed E-state index contributed by atoms with van der Waals surface area (Å²) in [5.74, 6) is -0.765. The molecule has 1 N–H and O–H groups in total. The molecule has 0 radical (unpaired) electrons. The number of hydrogen-bond donors (Lipinski definition) is 1. The molecule has 1 aromatic heterocycles. The lowest BCUT2D eigenvalue weighted by Crippen LogP contribution is -2.31. The number of nitrogens with one attached hydrogen (secondary N) is 1. The minimum atomic E-state index is -4.75. The minimum absolute atomic E-state index is 0.0953. The Labute approximate surface area is 168 Å². The predicted octanol–water partition coefficient (Wildman–Crippen LogP) is 4.59. The van der Waals surface area contributed by atoms with Crippen LogP contribution in [0.1, 0.15) is 51.1 Å². The van der Waals surface area contributed by atoms with Crippen molar-refractivity contribution in [2.45, 2.75) is 57.5 Å². The van der Waals surface area contributed by atoms with Gasteiger partial charge in [0.2, 0.25) is 5.91 Å². The monoisotopic (exact) mass is 428 g/mol. The molecule has 0 aliphatic carbocycles. The number of aryl methyl sites for hydroxylation is 1. The van der Waals surface area contributed by atoms with Crippen molar-refractivity contribution in [2.24, 2.45) is 0 Å². The van der Waals surface area contributed by atoms with E-state index in [2.05, 4.69) is 4.98 Å². The van der Waals surface area contributed by atoms with E-state index in [-0.39, 0.29) is 28.7 Å². The normalized spacial score (nSPS) is 12.7. The zero-order chi connectivity index (χ0) is 22.2. The minimum Gasteiger partial charge on any atom is -0.274 e. The van der Waals surface area contributed by atoms with Gasteiger partial charge in [-0.1, -0.05) is 52.0 Å². The number of pyridine rings is 1. The topological polar surface area (TPSA) is 76.1 Å². The third kappa shape index (κ3) is 5.14. The summed E-state index contributed by atoms with van der Waals surface area (Å²) < 4.78 is 67.3. The molecular formula is C20H23F3N2O3S. The quantitative estimate of drug-likeness (QED) is 0.773. The van der Waals surface area contributed by atoms with Gasteiger partial charge in [-0.15, -0.1) is 0 Å². The van der Waals surface area contributed by atoms with Crippen LogP contribution in [0.4, 0.5) is 13.2 Å². The molecule has 158 valence electrons. The van der Waals surface area contributed by atoms with Crippen molar-refractivity contribution in [3.8, 4) is 11.1 Å². The molecule has 9 heteroatoms. The predicted molar refractivity (Wildman–Crippen MR) is 104 cm³/mol. The van der Waals surface area contributed by atoms with Gasteiger partial charge in [0.15, 0.2) is 0 Å². The van der Waals surface area contributed by atoms with Crippen LogP contribution in [0.5, 0.6) is 0 Å². The Morgan fingerprint density at radius 1 is 1.10 bits per heavy atom. The van der Waals surface area contributed by atoms with Crippen molar-refractivity contribution in [3.05, 3.63) is 47.3 Å². The maximum Gasteiger partial charge on any atom is 0.433 e. The highest BCUT2D eigenvalue weighted by molar-refractivity contribution is 7.90. The first kappa shape index (κ1) is 22.9. The van der Waals surface area contributed by atoms with E-state index in [1.165, 1.54) is 13.8 Å². The van der Waals surface area contributed by atoms with Gasteiger partial charge in [-0.3, -0.25) is 4.79 Å². The largest absolute Gasteiger partial charge is 0.433 e. The Hall–Kier alpha value is -2.42. The smallest absolute Gasteiger partial charge is 0.274 e. The van der Waals surface area contributed by atoms with Crippen molar-refractivity contribution in [1.82, 2.24) is 9.71 Å². The second kappa shape index (κ2) is 7.78. The summed E-state index contributed by atoms with van der Waals surface area (Å²) in [5, 5.41) is 0. The molecular weight excluding hydrogens is 405 g/mol. The lowest BCUT2D eigenvalue weighted by molar-refractivity contribution is -0.141. The van der Waals surface area contributed by atoms with Crippen molar-refractivity contribution >= 4 is 15.9 Å². The highest BCUT2D eigenvalue weighted by Crippen LogP contribution is 2.36. The summed E-state index contributed by atoms with van der Waals surface area (Å²) in [7, 11) is -4.41. The van der Waals surface area contributed by atoms with Crippen LogP contribution in [-0.4, -0.2) is 19.3 Å². The number of aromatic nitrogens is 1. The molecule has 0 fully saturated rings. The van der Waals surface area contributed by atoms with E-state index in [0.29, 0.717) is 6.07 Å². The van der Waals surface area contributed by atoms with Crippen LogP contribution in [-0.2, 0) is 26.4 Å². The molecule has 29 heavy (non-hydrogen) atoms. The maximum absolute atomic E-state index is 13.3. The average Bonchev–Trinajstić information content (AvgIpc) is 2.58. The number of carbonyl (C=O) groups excluding carboxylic acids is 1. The molecule has 0 atom stereocenters. The molecule has 2 rings (SSSR count). The van der Waals surface area contributed by atoms with Crippen LogP contribution < -0.4 is 4.72 Å². The van der Waals surface area contributed by atoms with Crippen LogP contribution in [0, 0.1) is 6.92 Å². The number of benzene rings is 1. The van der Waals surface area contributed by atoms with Crippen LogP contribution >= 0.6 is 0 Å². The van der Waals surface area contributed by atoms with E-state index in [1.54, 1.807) is 24.3 Å². The van der Waals surface area contributed by atoms with Crippen molar-refractivity contribution in [2.75, 3.05) is 0 Å². The van der Waals surface area contributed by atoms with Gasteiger partial charge in [-0.2, -0.15) is 13.2 Å². The van der Waals surface area contributed by atoms with Crippen LogP contribution in [0.2, 0.25) is 0 Å². The SMILES string of the molecule is CCC(=O)NS(=O)(=O)c1c(-c2ccc(C(C)(C)C)cc2)cc(C(F)(F)F)nc1C. The third-order valence-corrected chi connectivity index (χ3v) is 5.88. The number of alkyl halides is 3. The molecule has 1 heterocycles. The number of hydrogen-bond acceptors (Lipinski definition) is 4. The Kier molecular flexibility index (Phi) is 6.13. The zero-order valence-electron chi connectivity index (χ0n) is 16.8. The molecule has 0 unspecified atom stereocenters. The van der Waals surface area contributed by atoms with E-state index in [1.807, 2.05) is 25.5 Å². The van der Waals surface area contributed by atoms with Gasteiger partial charge in [-0.25, -0.2) is 18.1 Å². The van der Waals surface area contributed by atoms with Crippen molar-refractivity contribution in [3.63, 3.8) is 0 Å². The first-order valence-corrected chi connectivity index (χ1v) is 10.4. The fourth-order valence-electron chi connectivity index (χ4n) is 2.78. The summed E-state index contributed by atoms with van der Waals surface area (Å²) in [6, 6.07) is 7.30. The van der Waals surface area contributed by atoms with Crippen LogP contribution in [0.15, 0.2) is 35.2 Å². The molecule has 1 amide bonds. The molecule has 0 saturated heterocycles. The number of rotatable bonds is 4. The third-order valence-electron chi connectivity index (χ3n) is 4.33. The lowest BCUT2D eigenvalue weighted by Gasteiger charge is -2.20. The standard InChI is InChI=1S/C20H23F3N2O3S/c1-6-17(26)25-29(27,28)18-12(2)24-16(20(21,22)23)11-15(18)13-7-9-14(10-8-13)19(3,4)5/h7-11H,6H2,1-5H3,(H,25,26). The molecule has 0 aliphatic rings. The van der Waals surface area contributed by atoms with Crippen LogP contribution in [0.25, 0.3) is 11.1 Å². The first-order chi connectivity index (χ1) is 13.2.